The van der Waals surface area contributed by atoms with Crippen molar-refractivity contribution in [3.05, 3.63) is 45.0 Å². The summed E-state index contributed by atoms with van der Waals surface area (Å²) in [6.07, 6.45) is 3.09. The van der Waals surface area contributed by atoms with Gasteiger partial charge in [-0.05, 0) is 29.8 Å². The lowest BCUT2D eigenvalue weighted by Gasteiger charge is -2.07. The van der Waals surface area contributed by atoms with Gasteiger partial charge in [0.15, 0.2) is 5.82 Å². The Balaban J connectivity index is 1.40. The van der Waals surface area contributed by atoms with Crippen LogP contribution in [0.25, 0.3) is 0 Å². The smallest absolute Gasteiger partial charge is 0.316 e. The maximum Gasteiger partial charge on any atom is 0.316 e. The van der Waals surface area contributed by atoms with Gasteiger partial charge in [-0.1, -0.05) is 16.8 Å². The summed E-state index contributed by atoms with van der Waals surface area (Å²) in [7, 11) is 0. The van der Waals surface area contributed by atoms with Crippen molar-refractivity contribution in [1.29, 1.82) is 0 Å². The number of nitrogens with one attached hydrogen (secondary N) is 2. The summed E-state index contributed by atoms with van der Waals surface area (Å²) in [6, 6.07) is 0. The third-order valence-electron chi connectivity index (χ3n) is 3.89. The average Bonchev–Trinajstić information content (AvgIpc) is 3.37. The standard InChI is InChI=1S/C16H18BrClN8O3/c1-9-14(17)10(2)26(23-9)8-13(27)19-3-4-20-15(28)16-22-12(24-29-16)7-25-6-11(18)5-21-25/h5-6H,3-4,7-8H2,1-2H3,(H,19,27)(H,20,28). The number of aryl methyl sites for hydroxylation is 1. The first-order chi connectivity index (χ1) is 13.8. The second-order valence-electron chi connectivity index (χ2n) is 6.12. The number of hydrogen-bond acceptors (Lipinski definition) is 7. The fourth-order valence-electron chi connectivity index (χ4n) is 2.45. The van der Waals surface area contributed by atoms with Gasteiger partial charge in [-0.2, -0.15) is 15.2 Å². The number of carbonyl (C=O) groups excluding carboxylic acids is 2. The highest BCUT2D eigenvalue weighted by molar-refractivity contribution is 9.10. The molecule has 0 bridgehead atoms. The topological polar surface area (TPSA) is 133 Å². The Morgan fingerprint density at radius 3 is 2.69 bits per heavy atom. The highest BCUT2D eigenvalue weighted by atomic mass is 79.9. The van der Waals surface area contributed by atoms with E-state index in [4.69, 9.17) is 16.1 Å². The lowest BCUT2D eigenvalue weighted by atomic mass is 10.4. The molecule has 0 aliphatic carbocycles. The summed E-state index contributed by atoms with van der Waals surface area (Å²) in [5.41, 5.74) is 1.69. The zero-order valence-electron chi connectivity index (χ0n) is 15.6. The van der Waals surface area contributed by atoms with Crippen LogP contribution in [0.15, 0.2) is 21.4 Å². The molecular weight excluding hydrogens is 468 g/mol. The number of carbonyl (C=O) groups is 2. The minimum Gasteiger partial charge on any atom is -0.353 e. The lowest BCUT2D eigenvalue weighted by molar-refractivity contribution is -0.121. The van der Waals surface area contributed by atoms with Gasteiger partial charge in [-0.25, -0.2) is 0 Å². The van der Waals surface area contributed by atoms with Crippen LogP contribution in [0.4, 0.5) is 0 Å². The quantitative estimate of drug-likeness (QED) is 0.456. The van der Waals surface area contributed by atoms with E-state index in [0.717, 1.165) is 15.9 Å². The summed E-state index contributed by atoms with van der Waals surface area (Å²) in [5.74, 6) is -0.620. The number of nitrogens with zero attached hydrogens (tertiary/aromatic N) is 6. The molecule has 3 heterocycles. The molecule has 0 spiro atoms. The molecule has 3 aromatic rings. The Kier molecular flexibility index (Phi) is 6.64. The molecule has 2 N–H and O–H groups in total. The molecule has 3 aromatic heterocycles. The Hall–Kier alpha value is -2.73. The molecule has 0 unspecified atom stereocenters. The fraction of sp³-hybridized carbons (Fsp3) is 0.375. The van der Waals surface area contributed by atoms with E-state index in [-0.39, 0.29) is 38.0 Å². The molecule has 154 valence electrons. The number of rotatable bonds is 8. The minimum absolute atomic E-state index is 0.0939. The second-order valence-corrected chi connectivity index (χ2v) is 7.35. The molecule has 0 aliphatic heterocycles. The third kappa shape index (κ3) is 5.41. The Morgan fingerprint density at radius 2 is 2.03 bits per heavy atom. The largest absolute Gasteiger partial charge is 0.353 e. The zero-order chi connectivity index (χ0) is 21.0. The van der Waals surface area contributed by atoms with Crippen molar-refractivity contribution in [2.45, 2.75) is 26.9 Å². The molecule has 0 saturated heterocycles. The summed E-state index contributed by atoms with van der Waals surface area (Å²) < 4.78 is 8.95. The van der Waals surface area contributed by atoms with E-state index in [0.29, 0.717) is 10.8 Å². The predicted molar refractivity (Wildman–Crippen MR) is 105 cm³/mol. The van der Waals surface area contributed by atoms with Crippen LogP contribution in [-0.4, -0.2) is 54.6 Å². The monoisotopic (exact) mass is 484 g/mol. The maximum absolute atomic E-state index is 12.1. The van der Waals surface area contributed by atoms with E-state index in [1.54, 1.807) is 10.9 Å². The molecule has 29 heavy (non-hydrogen) atoms. The molecule has 11 nitrogen and oxygen atoms in total. The molecule has 3 rings (SSSR count). The summed E-state index contributed by atoms with van der Waals surface area (Å²) in [6.45, 7) is 4.50. The minimum atomic E-state index is -0.529. The van der Waals surface area contributed by atoms with E-state index >= 15 is 0 Å². The summed E-state index contributed by atoms with van der Waals surface area (Å²) >= 11 is 9.21. The van der Waals surface area contributed by atoms with Gasteiger partial charge in [0, 0.05) is 19.3 Å². The summed E-state index contributed by atoms with van der Waals surface area (Å²) in [5, 5.41) is 17.8. The second kappa shape index (κ2) is 9.18. The van der Waals surface area contributed by atoms with Crippen molar-refractivity contribution in [3.63, 3.8) is 0 Å². The molecule has 0 aromatic carbocycles. The first kappa shape index (κ1) is 21.0. The van der Waals surface area contributed by atoms with Gasteiger partial charge in [0.05, 0.1) is 27.1 Å². The molecule has 2 amide bonds. The molecule has 0 atom stereocenters. The highest BCUT2D eigenvalue weighted by Gasteiger charge is 2.16. The Bertz CT molecular complexity index is 1030. The van der Waals surface area contributed by atoms with Crippen LogP contribution in [-0.2, 0) is 17.9 Å². The number of halogens is 2. The van der Waals surface area contributed by atoms with Crippen LogP contribution < -0.4 is 10.6 Å². The molecular formula is C16H18BrClN8O3. The first-order valence-electron chi connectivity index (χ1n) is 8.58. The van der Waals surface area contributed by atoms with Crippen molar-refractivity contribution in [2.75, 3.05) is 13.1 Å². The van der Waals surface area contributed by atoms with Gasteiger partial charge >= 0.3 is 11.8 Å². The molecule has 13 heteroatoms. The van der Waals surface area contributed by atoms with Gasteiger partial charge in [-0.15, -0.1) is 0 Å². The van der Waals surface area contributed by atoms with E-state index < -0.39 is 5.91 Å². The predicted octanol–water partition coefficient (Wildman–Crippen LogP) is 1.09. The maximum atomic E-state index is 12.1. The van der Waals surface area contributed by atoms with Crippen LogP contribution >= 0.6 is 27.5 Å². The normalized spacial score (nSPS) is 10.9. The Labute approximate surface area is 178 Å². The van der Waals surface area contributed by atoms with E-state index in [9.17, 15) is 9.59 Å². The van der Waals surface area contributed by atoms with Gasteiger partial charge in [-0.3, -0.25) is 19.0 Å². The van der Waals surface area contributed by atoms with E-state index in [2.05, 4.69) is 46.9 Å². The number of amides is 2. The van der Waals surface area contributed by atoms with Crippen molar-refractivity contribution in [1.82, 2.24) is 40.3 Å². The molecule has 0 saturated carbocycles. The lowest BCUT2D eigenvalue weighted by Crippen LogP contribution is -2.36. The van der Waals surface area contributed by atoms with E-state index in [1.165, 1.54) is 10.9 Å². The van der Waals surface area contributed by atoms with Gasteiger partial charge < -0.3 is 15.2 Å². The third-order valence-corrected chi connectivity index (χ3v) is 5.23. The van der Waals surface area contributed by atoms with Crippen molar-refractivity contribution >= 4 is 39.3 Å². The van der Waals surface area contributed by atoms with Gasteiger partial charge in [0.25, 0.3) is 0 Å². The average molecular weight is 486 g/mol. The highest BCUT2D eigenvalue weighted by Crippen LogP contribution is 2.19. The zero-order valence-corrected chi connectivity index (χ0v) is 18.0. The number of hydrogen-bond donors (Lipinski definition) is 2. The first-order valence-corrected chi connectivity index (χ1v) is 9.75. The van der Waals surface area contributed by atoms with Crippen LogP contribution in [0.3, 0.4) is 0 Å². The SMILES string of the molecule is Cc1nn(CC(=O)NCCNC(=O)c2nc(Cn3cc(Cl)cn3)no2)c(C)c1Br. The van der Waals surface area contributed by atoms with Crippen LogP contribution in [0.5, 0.6) is 0 Å². The Morgan fingerprint density at radius 1 is 1.28 bits per heavy atom. The molecule has 0 fully saturated rings. The molecule has 0 radical (unpaired) electrons. The fourth-order valence-corrected chi connectivity index (χ4v) is 2.89. The van der Waals surface area contributed by atoms with Gasteiger partial charge in [0.2, 0.25) is 5.91 Å². The summed E-state index contributed by atoms with van der Waals surface area (Å²) in [4.78, 5) is 28.1. The van der Waals surface area contributed by atoms with E-state index in [1.807, 2.05) is 13.8 Å². The van der Waals surface area contributed by atoms with Crippen LogP contribution in [0, 0.1) is 13.8 Å². The van der Waals surface area contributed by atoms with Crippen LogP contribution in [0.1, 0.15) is 27.9 Å². The van der Waals surface area contributed by atoms with Crippen LogP contribution in [0.2, 0.25) is 5.02 Å². The number of aromatic nitrogens is 6. The van der Waals surface area contributed by atoms with Crippen molar-refractivity contribution in [2.24, 2.45) is 0 Å². The van der Waals surface area contributed by atoms with Crippen molar-refractivity contribution < 1.29 is 14.1 Å². The van der Waals surface area contributed by atoms with Crippen molar-refractivity contribution in [3.8, 4) is 0 Å². The molecule has 0 aliphatic rings. The van der Waals surface area contributed by atoms with Gasteiger partial charge in [0.1, 0.15) is 13.1 Å².